The summed E-state index contributed by atoms with van der Waals surface area (Å²) in [7, 11) is 0. The summed E-state index contributed by atoms with van der Waals surface area (Å²) in [5, 5.41) is 27.3. The molecule has 1 heterocycles. The van der Waals surface area contributed by atoms with Gasteiger partial charge in [-0.2, -0.15) is 10.5 Å². The van der Waals surface area contributed by atoms with Gasteiger partial charge >= 0.3 is 0 Å². The SMILES string of the molecule is N#Cc1cc(-c2ccc(-c3cc(C#N)ccc3-c3c4ccccc4c(-c4ccccc4)c4ccccc34)cc2)cc(-n2c3ccccc3c3ccccc32)c1. The van der Waals surface area contributed by atoms with Crippen LogP contribution in [0, 0.1) is 22.7 Å². The number of nitriles is 2. The number of hydrogen-bond acceptors (Lipinski definition) is 2. The Morgan fingerprint density at radius 3 is 1.42 bits per heavy atom. The largest absolute Gasteiger partial charge is 0.309 e. The van der Waals surface area contributed by atoms with Crippen LogP contribution in [0.25, 0.3) is 93.5 Å². The number of hydrogen-bond donors (Lipinski definition) is 0. The van der Waals surface area contributed by atoms with Gasteiger partial charge in [-0.1, -0.05) is 146 Å². The molecule has 3 nitrogen and oxygen atoms in total. The van der Waals surface area contributed by atoms with E-state index in [1.165, 1.54) is 32.7 Å². The highest BCUT2D eigenvalue weighted by Gasteiger charge is 2.20. The lowest BCUT2D eigenvalue weighted by Gasteiger charge is -2.20. The van der Waals surface area contributed by atoms with Crippen LogP contribution in [0.15, 0.2) is 188 Å². The van der Waals surface area contributed by atoms with E-state index in [-0.39, 0.29) is 0 Å². The van der Waals surface area contributed by atoms with Gasteiger partial charge in [0.1, 0.15) is 0 Å². The lowest BCUT2D eigenvalue weighted by atomic mass is 9.83. The zero-order valence-corrected chi connectivity index (χ0v) is 29.7. The van der Waals surface area contributed by atoms with Crippen LogP contribution >= 0.6 is 0 Å². The summed E-state index contributed by atoms with van der Waals surface area (Å²) < 4.78 is 2.25. The van der Waals surface area contributed by atoms with Crippen LogP contribution in [-0.2, 0) is 0 Å². The van der Waals surface area contributed by atoms with Crippen LogP contribution < -0.4 is 0 Å². The average Bonchev–Trinajstić information content (AvgIpc) is 3.60. The maximum absolute atomic E-state index is 10.2. The summed E-state index contributed by atoms with van der Waals surface area (Å²) in [5.41, 5.74) is 12.9. The number of aromatic nitrogens is 1. The van der Waals surface area contributed by atoms with Crippen molar-refractivity contribution in [2.75, 3.05) is 0 Å². The van der Waals surface area contributed by atoms with Gasteiger partial charge in [-0.15, -0.1) is 0 Å². The summed E-state index contributed by atoms with van der Waals surface area (Å²) >= 11 is 0. The standard InChI is InChI=1S/C52H31N3/c53-32-34-22-27-47(52-45-18-6-4-16-43(45)51(38-12-2-1-3-13-38)44-17-5-7-19-46(44)52)48(30-34)37-25-23-36(24-26-37)39-28-35(33-54)29-40(31-39)55-49-20-10-8-14-41(49)42-15-9-11-21-50(42)55/h1-31H. The second kappa shape index (κ2) is 13.0. The Kier molecular flexibility index (Phi) is 7.58. The van der Waals surface area contributed by atoms with Crippen molar-refractivity contribution >= 4 is 43.4 Å². The van der Waals surface area contributed by atoms with Crippen LogP contribution in [0.2, 0.25) is 0 Å². The van der Waals surface area contributed by atoms with Crippen molar-refractivity contribution in [3.63, 3.8) is 0 Å². The zero-order chi connectivity index (χ0) is 36.9. The smallest absolute Gasteiger partial charge is 0.0992 e. The van der Waals surface area contributed by atoms with E-state index in [1.54, 1.807) is 0 Å². The third-order valence-electron chi connectivity index (χ3n) is 10.8. The molecule has 0 amide bonds. The van der Waals surface area contributed by atoms with E-state index < -0.39 is 0 Å². The first-order chi connectivity index (χ1) is 27.2. The van der Waals surface area contributed by atoms with Gasteiger partial charge in [0.2, 0.25) is 0 Å². The minimum Gasteiger partial charge on any atom is -0.309 e. The Labute approximate surface area is 318 Å². The van der Waals surface area contributed by atoms with Crippen LogP contribution in [0.4, 0.5) is 0 Å². The summed E-state index contributed by atoms with van der Waals surface area (Å²) in [5.74, 6) is 0. The van der Waals surface area contributed by atoms with Gasteiger partial charge < -0.3 is 4.57 Å². The molecule has 0 aliphatic rings. The van der Waals surface area contributed by atoms with E-state index in [0.717, 1.165) is 60.9 Å². The fraction of sp³-hybridized carbons (Fsp3) is 0. The number of fused-ring (bicyclic) bond motifs is 5. The van der Waals surface area contributed by atoms with Crippen molar-refractivity contribution < 1.29 is 0 Å². The van der Waals surface area contributed by atoms with Crippen molar-refractivity contribution in [3.05, 3.63) is 199 Å². The van der Waals surface area contributed by atoms with Crippen LogP contribution in [-0.4, -0.2) is 4.57 Å². The van der Waals surface area contributed by atoms with Gasteiger partial charge in [-0.25, -0.2) is 0 Å². The third-order valence-corrected chi connectivity index (χ3v) is 10.8. The highest BCUT2D eigenvalue weighted by molar-refractivity contribution is 6.22. The van der Waals surface area contributed by atoms with E-state index in [1.807, 2.05) is 24.3 Å². The van der Waals surface area contributed by atoms with Crippen LogP contribution in [0.1, 0.15) is 11.1 Å². The Balaban J connectivity index is 1.14. The molecule has 0 aliphatic carbocycles. The van der Waals surface area contributed by atoms with Gasteiger partial charge in [-0.05, 0) is 109 Å². The Hall–Kier alpha value is -7.72. The van der Waals surface area contributed by atoms with Crippen LogP contribution in [0.5, 0.6) is 0 Å². The van der Waals surface area contributed by atoms with Crippen molar-refractivity contribution in [1.29, 1.82) is 10.5 Å². The molecule has 0 atom stereocenters. The lowest BCUT2D eigenvalue weighted by molar-refractivity contribution is 1.18. The first kappa shape index (κ1) is 32.0. The molecule has 3 heteroatoms. The molecule has 0 bridgehead atoms. The van der Waals surface area contributed by atoms with Gasteiger partial charge in [0, 0.05) is 16.5 Å². The molecule has 0 aliphatic heterocycles. The average molecular weight is 698 g/mol. The number of para-hydroxylation sites is 2. The Morgan fingerprint density at radius 2 is 0.836 bits per heavy atom. The predicted octanol–water partition coefficient (Wildman–Crippen LogP) is 13.5. The minimum atomic E-state index is 0.597. The second-order valence-electron chi connectivity index (χ2n) is 13.9. The molecular formula is C52H31N3. The van der Waals surface area contributed by atoms with Crippen LogP contribution in [0.3, 0.4) is 0 Å². The normalized spacial score (nSPS) is 11.2. The van der Waals surface area contributed by atoms with Crippen molar-refractivity contribution in [2.24, 2.45) is 0 Å². The molecule has 0 saturated heterocycles. The molecule has 10 rings (SSSR count). The fourth-order valence-electron chi connectivity index (χ4n) is 8.42. The van der Waals surface area contributed by atoms with E-state index in [9.17, 15) is 10.5 Å². The maximum Gasteiger partial charge on any atom is 0.0992 e. The fourth-order valence-corrected chi connectivity index (χ4v) is 8.42. The first-order valence-electron chi connectivity index (χ1n) is 18.4. The molecule has 0 fully saturated rings. The van der Waals surface area contributed by atoms with Gasteiger partial charge in [0.05, 0.1) is 34.3 Å². The minimum absolute atomic E-state index is 0.597. The molecule has 0 N–H and O–H groups in total. The molecule has 254 valence electrons. The molecule has 0 saturated carbocycles. The molecule has 9 aromatic carbocycles. The number of rotatable bonds is 5. The first-order valence-corrected chi connectivity index (χ1v) is 18.4. The summed E-state index contributed by atoms with van der Waals surface area (Å²) in [6, 6.07) is 70.2. The van der Waals surface area contributed by atoms with Crippen molar-refractivity contribution in [2.45, 2.75) is 0 Å². The monoisotopic (exact) mass is 697 g/mol. The molecule has 0 unspecified atom stereocenters. The summed E-state index contributed by atoms with van der Waals surface area (Å²) in [4.78, 5) is 0. The molecular weight excluding hydrogens is 667 g/mol. The number of benzene rings is 9. The highest BCUT2D eigenvalue weighted by atomic mass is 15.0. The Bertz CT molecular complexity index is 3100. The van der Waals surface area contributed by atoms with Gasteiger partial charge in [-0.3, -0.25) is 0 Å². The zero-order valence-electron chi connectivity index (χ0n) is 29.7. The Morgan fingerprint density at radius 1 is 0.327 bits per heavy atom. The predicted molar refractivity (Wildman–Crippen MR) is 227 cm³/mol. The summed E-state index contributed by atoms with van der Waals surface area (Å²) in [6.07, 6.45) is 0. The highest BCUT2D eigenvalue weighted by Crippen LogP contribution is 2.46. The number of nitrogens with zero attached hydrogens (tertiary/aromatic N) is 3. The molecule has 10 aromatic rings. The molecule has 0 radical (unpaired) electrons. The third kappa shape index (κ3) is 5.27. The van der Waals surface area contributed by atoms with Crippen molar-refractivity contribution in [3.8, 4) is 62.3 Å². The second-order valence-corrected chi connectivity index (χ2v) is 13.9. The topological polar surface area (TPSA) is 52.5 Å². The van der Waals surface area contributed by atoms with Gasteiger partial charge in [0.15, 0.2) is 0 Å². The van der Waals surface area contributed by atoms with E-state index in [0.29, 0.717) is 11.1 Å². The lowest BCUT2D eigenvalue weighted by Crippen LogP contribution is -1.96. The molecule has 55 heavy (non-hydrogen) atoms. The molecule has 1 aromatic heterocycles. The van der Waals surface area contributed by atoms with E-state index in [2.05, 4.69) is 180 Å². The maximum atomic E-state index is 10.2. The quantitative estimate of drug-likeness (QED) is 0.168. The van der Waals surface area contributed by atoms with Crippen molar-refractivity contribution in [1.82, 2.24) is 4.57 Å². The molecule has 0 spiro atoms. The van der Waals surface area contributed by atoms with E-state index in [4.69, 9.17) is 0 Å². The van der Waals surface area contributed by atoms with E-state index >= 15 is 0 Å². The van der Waals surface area contributed by atoms with Gasteiger partial charge in [0.25, 0.3) is 0 Å². The summed E-state index contributed by atoms with van der Waals surface area (Å²) in [6.45, 7) is 0.